The summed E-state index contributed by atoms with van der Waals surface area (Å²) in [5.74, 6) is -2.63. The van der Waals surface area contributed by atoms with E-state index in [1.54, 1.807) is 24.3 Å². The highest BCUT2D eigenvalue weighted by atomic mass is 19.1. The third-order valence-corrected chi connectivity index (χ3v) is 4.23. The van der Waals surface area contributed by atoms with Crippen molar-refractivity contribution in [3.8, 4) is 11.3 Å². The van der Waals surface area contributed by atoms with Crippen LogP contribution in [0.3, 0.4) is 0 Å². The average Bonchev–Trinajstić information content (AvgIpc) is 2.68. The van der Waals surface area contributed by atoms with E-state index in [1.807, 2.05) is 36.4 Å². The Kier molecular flexibility index (Phi) is 4.34. The Bertz CT molecular complexity index is 1120. The monoisotopic (exact) mass is 360 g/mol. The number of benzene rings is 3. The zero-order valence-corrected chi connectivity index (χ0v) is 14.1. The first-order valence-corrected chi connectivity index (χ1v) is 8.33. The van der Waals surface area contributed by atoms with E-state index in [1.165, 1.54) is 6.07 Å². The van der Waals surface area contributed by atoms with Gasteiger partial charge in [-0.3, -0.25) is 4.79 Å². The van der Waals surface area contributed by atoms with Gasteiger partial charge in [0.05, 0.1) is 11.2 Å². The summed E-state index contributed by atoms with van der Waals surface area (Å²) in [5.41, 5.74) is 2.40. The van der Waals surface area contributed by atoms with E-state index in [0.717, 1.165) is 34.3 Å². The van der Waals surface area contributed by atoms with E-state index in [9.17, 15) is 13.6 Å². The molecule has 0 spiro atoms. The Morgan fingerprint density at radius 1 is 0.778 bits per heavy atom. The fourth-order valence-electron chi connectivity index (χ4n) is 2.86. The van der Waals surface area contributed by atoms with Gasteiger partial charge in [-0.1, -0.05) is 42.5 Å². The lowest BCUT2D eigenvalue weighted by Gasteiger charge is -2.08. The minimum Gasteiger partial charge on any atom is -0.322 e. The third kappa shape index (κ3) is 3.40. The number of fused-ring (bicyclic) bond motifs is 1. The van der Waals surface area contributed by atoms with Gasteiger partial charge in [-0.2, -0.15) is 0 Å². The smallest absolute Gasteiger partial charge is 0.261 e. The fourth-order valence-corrected chi connectivity index (χ4v) is 2.86. The zero-order chi connectivity index (χ0) is 18.8. The Labute approximate surface area is 154 Å². The van der Waals surface area contributed by atoms with Crippen molar-refractivity contribution in [2.75, 3.05) is 5.32 Å². The first-order valence-electron chi connectivity index (χ1n) is 8.33. The third-order valence-electron chi connectivity index (χ3n) is 4.23. The van der Waals surface area contributed by atoms with Crippen molar-refractivity contribution >= 4 is 22.5 Å². The summed E-state index contributed by atoms with van der Waals surface area (Å²) >= 11 is 0. The highest BCUT2D eigenvalue weighted by Crippen LogP contribution is 2.23. The first kappa shape index (κ1) is 16.8. The van der Waals surface area contributed by atoms with Crippen LogP contribution in [0.25, 0.3) is 22.2 Å². The molecule has 0 saturated heterocycles. The molecule has 3 aromatic carbocycles. The highest BCUT2D eigenvalue weighted by molar-refractivity contribution is 6.04. The summed E-state index contributed by atoms with van der Waals surface area (Å²) in [7, 11) is 0. The fraction of sp³-hybridized carbons (Fsp3) is 0. The van der Waals surface area contributed by atoms with Crippen molar-refractivity contribution in [2.24, 2.45) is 0 Å². The van der Waals surface area contributed by atoms with E-state index < -0.39 is 23.1 Å². The van der Waals surface area contributed by atoms with Gasteiger partial charge < -0.3 is 5.32 Å². The van der Waals surface area contributed by atoms with Gasteiger partial charge in [-0.15, -0.1) is 0 Å². The molecule has 1 amide bonds. The zero-order valence-electron chi connectivity index (χ0n) is 14.1. The molecule has 0 atom stereocenters. The number of rotatable bonds is 3. The molecule has 1 heterocycles. The lowest BCUT2D eigenvalue weighted by atomic mass is 10.1. The summed E-state index contributed by atoms with van der Waals surface area (Å²) in [6.07, 6.45) is 0. The predicted octanol–water partition coefficient (Wildman–Crippen LogP) is 5.43. The summed E-state index contributed by atoms with van der Waals surface area (Å²) in [6, 6.07) is 22.0. The Hall–Kier alpha value is -3.60. The van der Waals surface area contributed by atoms with Gasteiger partial charge in [0.2, 0.25) is 0 Å². The van der Waals surface area contributed by atoms with Crippen LogP contribution in [0, 0.1) is 11.6 Å². The molecular weight excluding hydrogens is 346 g/mol. The van der Waals surface area contributed by atoms with E-state index in [-0.39, 0.29) is 0 Å². The normalized spacial score (nSPS) is 10.7. The molecular formula is C22H14F2N2O. The lowest BCUT2D eigenvalue weighted by molar-refractivity contribution is 0.101. The summed E-state index contributed by atoms with van der Waals surface area (Å²) in [4.78, 5) is 16.8. The van der Waals surface area contributed by atoms with Crippen LogP contribution in [-0.4, -0.2) is 10.9 Å². The van der Waals surface area contributed by atoms with Gasteiger partial charge in [0.15, 0.2) is 0 Å². The van der Waals surface area contributed by atoms with Gasteiger partial charge in [0, 0.05) is 16.6 Å². The maximum absolute atomic E-state index is 13.7. The van der Waals surface area contributed by atoms with Crippen molar-refractivity contribution in [3.05, 3.63) is 96.1 Å². The number of para-hydroxylation sites is 1. The van der Waals surface area contributed by atoms with E-state index >= 15 is 0 Å². The van der Waals surface area contributed by atoms with Gasteiger partial charge in [-0.05, 0) is 36.4 Å². The number of hydrogen-bond donors (Lipinski definition) is 1. The molecule has 1 aromatic heterocycles. The Morgan fingerprint density at radius 2 is 1.48 bits per heavy atom. The van der Waals surface area contributed by atoms with Crippen LogP contribution in [0.1, 0.15) is 10.4 Å². The number of carbonyl (C=O) groups is 1. The number of nitrogens with one attached hydrogen (secondary N) is 1. The number of nitrogens with zero attached hydrogens (tertiary/aromatic N) is 1. The van der Waals surface area contributed by atoms with Gasteiger partial charge in [0.25, 0.3) is 5.91 Å². The number of halogens is 2. The van der Waals surface area contributed by atoms with Crippen molar-refractivity contribution in [2.45, 2.75) is 0 Å². The standard InChI is InChI=1S/C22H14F2N2O/c23-17-5-3-6-18(24)21(17)22(27)25-16-11-8-15(9-12-16)20-13-10-14-4-1-2-7-19(14)26-20/h1-13H,(H,25,27). The molecule has 5 heteroatoms. The quantitative estimate of drug-likeness (QED) is 0.529. The van der Waals surface area contributed by atoms with Crippen LogP contribution in [0.5, 0.6) is 0 Å². The van der Waals surface area contributed by atoms with Crippen molar-refractivity contribution in [3.63, 3.8) is 0 Å². The number of carbonyl (C=O) groups excluding carboxylic acids is 1. The second-order valence-electron chi connectivity index (χ2n) is 6.02. The van der Waals surface area contributed by atoms with Crippen molar-refractivity contribution < 1.29 is 13.6 Å². The number of pyridine rings is 1. The SMILES string of the molecule is O=C(Nc1ccc(-c2ccc3ccccc3n2)cc1)c1c(F)cccc1F. The van der Waals surface area contributed by atoms with Gasteiger partial charge >= 0.3 is 0 Å². The average molecular weight is 360 g/mol. The molecule has 0 unspecified atom stereocenters. The lowest BCUT2D eigenvalue weighted by Crippen LogP contribution is -2.15. The van der Waals surface area contributed by atoms with Crippen LogP contribution in [0.15, 0.2) is 78.9 Å². The Balaban J connectivity index is 1.57. The summed E-state index contributed by atoms with van der Waals surface area (Å²) < 4.78 is 27.4. The largest absolute Gasteiger partial charge is 0.322 e. The van der Waals surface area contributed by atoms with Crippen LogP contribution < -0.4 is 5.32 Å². The molecule has 0 aliphatic carbocycles. The minimum atomic E-state index is -0.899. The van der Waals surface area contributed by atoms with Gasteiger partial charge in [-0.25, -0.2) is 13.8 Å². The summed E-state index contributed by atoms with van der Waals surface area (Å²) in [5, 5.41) is 3.56. The molecule has 4 aromatic rings. The van der Waals surface area contributed by atoms with E-state index in [2.05, 4.69) is 10.3 Å². The van der Waals surface area contributed by atoms with Crippen LogP contribution >= 0.6 is 0 Å². The maximum Gasteiger partial charge on any atom is 0.261 e. The Morgan fingerprint density at radius 3 is 2.22 bits per heavy atom. The van der Waals surface area contributed by atoms with E-state index in [4.69, 9.17) is 0 Å². The molecule has 0 saturated carbocycles. The molecule has 3 nitrogen and oxygen atoms in total. The molecule has 4 rings (SSSR count). The predicted molar refractivity (Wildman–Crippen MR) is 101 cm³/mol. The molecule has 0 fully saturated rings. The molecule has 0 aliphatic heterocycles. The van der Waals surface area contributed by atoms with Crippen molar-refractivity contribution in [1.29, 1.82) is 0 Å². The number of amides is 1. The van der Waals surface area contributed by atoms with Crippen molar-refractivity contribution in [1.82, 2.24) is 4.98 Å². The van der Waals surface area contributed by atoms with Gasteiger partial charge in [0.1, 0.15) is 17.2 Å². The molecule has 132 valence electrons. The molecule has 0 aliphatic rings. The molecule has 27 heavy (non-hydrogen) atoms. The van der Waals surface area contributed by atoms with Crippen LogP contribution in [0.4, 0.5) is 14.5 Å². The topological polar surface area (TPSA) is 42.0 Å². The van der Waals surface area contributed by atoms with E-state index in [0.29, 0.717) is 5.69 Å². The summed E-state index contributed by atoms with van der Waals surface area (Å²) in [6.45, 7) is 0. The molecule has 0 radical (unpaired) electrons. The highest BCUT2D eigenvalue weighted by Gasteiger charge is 2.17. The second-order valence-corrected chi connectivity index (χ2v) is 6.02. The molecule has 1 N–H and O–H groups in total. The minimum absolute atomic E-state index is 0.437. The number of aromatic nitrogens is 1. The second kappa shape index (κ2) is 6.96. The van der Waals surface area contributed by atoms with Crippen LogP contribution in [-0.2, 0) is 0 Å². The maximum atomic E-state index is 13.7. The number of anilines is 1. The molecule has 0 bridgehead atoms. The number of hydrogen-bond acceptors (Lipinski definition) is 2. The van der Waals surface area contributed by atoms with Crippen LogP contribution in [0.2, 0.25) is 0 Å². The first-order chi connectivity index (χ1) is 13.1.